The van der Waals surface area contributed by atoms with Crippen LogP contribution in [-0.2, 0) is 13.0 Å². The first-order valence-electron chi connectivity index (χ1n) is 10.6. The van der Waals surface area contributed by atoms with Gasteiger partial charge in [-0.15, -0.1) is 0 Å². The first kappa shape index (κ1) is 23.4. The number of aliphatic hydroxyl groups excluding tert-OH is 1. The minimum absolute atomic E-state index is 0.00756. The normalized spacial score (nSPS) is 12.5. The van der Waals surface area contributed by atoms with Gasteiger partial charge in [-0.2, -0.15) is 0 Å². The zero-order chi connectivity index (χ0) is 23.0. The van der Waals surface area contributed by atoms with Gasteiger partial charge in [0.05, 0.1) is 0 Å². The van der Waals surface area contributed by atoms with E-state index in [-0.39, 0.29) is 23.6 Å². The summed E-state index contributed by atoms with van der Waals surface area (Å²) < 4.78 is 2.14. The van der Waals surface area contributed by atoms with Crippen LogP contribution in [0.25, 0.3) is 10.9 Å². The first-order chi connectivity index (χ1) is 14.4. The quantitative estimate of drug-likeness (QED) is 0.427. The molecule has 1 heterocycles. The number of aromatic nitrogens is 1. The van der Waals surface area contributed by atoms with Gasteiger partial charge in [0.15, 0.2) is 5.78 Å². The maximum atomic E-state index is 13.5. The lowest BCUT2D eigenvalue weighted by atomic mass is 9.83. The van der Waals surface area contributed by atoms with Crippen molar-refractivity contribution in [3.8, 4) is 5.75 Å². The maximum absolute atomic E-state index is 13.5. The fourth-order valence-electron chi connectivity index (χ4n) is 3.92. The number of rotatable bonds is 7. The molecule has 0 fully saturated rings. The van der Waals surface area contributed by atoms with Crippen LogP contribution in [0, 0.1) is 10.8 Å². The molecule has 3 rings (SSSR count). The molecule has 0 spiro atoms. The van der Waals surface area contributed by atoms with Crippen LogP contribution in [0.5, 0.6) is 5.75 Å². The van der Waals surface area contributed by atoms with Crippen molar-refractivity contribution in [2.24, 2.45) is 10.8 Å². The molecule has 5 heteroatoms. The topological polar surface area (TPSA) is 62.5 Å². The number of fused-ring (bicyclic) bond motifs is 1. The van der Waals surface area contributed by atoms with E-state index in [2.05, 4.69) is 4.57 Å². The average molecular weight is 442 g/mol. The number of ketones is 1. The van der Waals surface area contributed by atoms with E-state index in [1.54, 1.807) is 12.1 Å². The van der Waals surface area contributed by atoms with Crippen LogP contribution in [-0.4, -0.2) is 27.2 Å². The first-order valence-corrected chi connectivity index (χ1v) is 11.0. The molecule has 0 aliphatic carbocycles. The van der Waals surface area contributed by atoms with E-state index in [9.17, 15) is 15.0 Å². The second-order valence-corrected chi connectivity index (χ2v) is 10.8. The lowest BCUT2D eigenvalue weighted by molar-refractivity contribution is 0.0938. The van der Waals surface area contributed by atoms with Crippen LogP contribution in [0.3, 0.4) is 0 Å². The SMILES string of the molecule is CC(C)(C)CC(=O)c1c(CC(C)(C)CO)n(Cc2ccc(Cl)cc2)c2ccc(O)cc12. The minimum atomic E-state index is -0.398. The minimum Gasteiger partial charge on any atom is -0.508 e. The molecular weight excluding hydrogens is 410 g/mol. The molecule has 0 atom stereocenters. The molecule has 3 aromatic rings. The molecule has 0 saturated carbocycles. The average Bonchev–Trinajstić information content (AvgIpc) is 2.94. The van der Waals surface area contributed by atoms with Crippen LogP contribution in [0.2, 0.25) is 5.02 Å². The van der Waals surface area contributed by atoms with E-state index in [4.69, 9.17) is 11.6 Å². The van der Waals surface area contributed by atoms with Crippen molar-refractivity contribution in [2.75, 3.05) is 6.61 Å². The van der Waals surface area contributed by atoms with Crippen LogP contribution >= 0.6 is 11.6 Å². The number of Topliss-reactive ketones (excluding diaryl/α,β-unsaturated/α-hetero) is 1. The van der Waals surface area contributed by atoms with E-state index in [0.717, 1.165) is 22.2 Å². The highest BCUT2D eigenvalue weighted by Crippen LogP contribution is 2.36. The van der Waals surface area contributed by atoms with E-state index >= 15 is 0 Å². The zero-order valence-corrected chi connectivity index (χ0v) is 19.8. The predicted molar refractivity (Wildman–Crippen MR) is 127 cm³/mol. The second-order valence-electron chi connectivity index (χ2n) is 10.4. The fraction of sp³-hybridized carbons (Fsp3) is 0.423. The Morgan fingerprint density at radius 3 is 2.26 bits per heavy atom. The van der Waals surface area contributed by atoms with Crippen molar-refractivity contribution in [2.45, 2.75) is 54.0 Å². The molecule has 0 bridgehead atoms. The highest BCUT2D eigenvalue weighted by molar-refractivity contribution is 6.30. The third-order valence-corrected chi connectivity index (χ3v) is 5.70. The van der Waals surface area contributed by atoms with Crippen molar-refractivity contribution >= 4 is 28.3 Å². The second kappa shape index (κ2) is 8.68. The Labute approximate surface area is 189 Å². The van der Waals surface area contributed by atoms with Gasteiger partial charge in [-0.25, -0.2) is 0 Å². The highest BCUT2D eigenvalue weighted by Gasteiger charge is 2.29. The summed E-state index contributed by atoms with van der Waals surface area (Å²) in [5.74, 6) is 0.190. The summed E-state index contributed by atoms with van der Waals surface area (Å²) in [6.45, 7) is 10.7. The summed E-state index contributed by atoms with van der Waals surface area (Å²) in [5, 5.41) is 21.6. The Balaban J connectivity index is 2.26. The lowest BCUT2D eigenvalue weighted by Crippen LogP contribution is -2.24. The number of halogens is 1. The van der Waals surface area contributed by atoms with E-state index in [1.165, 1.54) is 0 Å². The summed E-state index contributed by atoms with van der Waals surface area (Å²) in [5.41, 5.74) is 2.94. The number of phenolic OH excluding ortho intramolecular Hbond substituents is 1. The summed E-state index contributed by atoms with van der Waals surface area (Å²) in [6, 6.07) is 12.9. The van der Waals surface area contributed by atoms with Crippen molar-refractivity contribution in [3.05, 3.63) is 64.3 Å². The summed E-state index contributed by atoms with van der Waals surface area (Å²) in [4.78, 5) is 13.5. The largest absolute Gasteiger partial charge is 0.508 e. The monoisotopic (exact) mass is 441 g/mol. The summed E-state index contributed by atoms with van der Waals surface area (Å²) in [6.07, 6.45) is 0.938. The van der Waals surface area contributed by atoms with E-state index < -0.39 is 5.41 Å². The molecule has 1 aromatic heterocycles. The van der Waals surface area contributed by atoms with Crippen molar-refractivity contribution < 1.29 is 15.0 Å². The van der Waals surface area contributed by atoms with Crippen LogP contribution < -0.4 is 0 Å². The molecule has 31 heavy (non-hydrogen) atoms. The van der Waals surface area contributed by atoms with Gasteiger partial charge in [0.25, 0.3) is 0 Å². The number of hydrogen-bond donors (Lipinski definition) is 2. The third kappa shape index (κ3) is 5.50. The molecule has 0 aliphatic heterocycles. The number of hydrogen-bond acceptors (Lipinski definition) is 3. The van der Waals surface area contributed by atoms with Gasteiger partial charge in [0.2, 0.25) is 0 Å². The highest BCUT2D eigenvalue weighted by atomic mass is 35.5. The Bertz CT molecular complexity index is 1090. The molecule has 0 amide bonds. The predicted octanol–water partition coefficient (Wildman–Crippen LogP) is 6.23. The Hall–Kier alpha value is -2.30. The smallest absolute Gasteiger partial charge is 0.165 e. The van der Waals surface area contributed by atoms with Crippen molar-refractivity contribution in [1.29, 1.82) is 0 Å². The summed E-state index contributed by atoms with van der Waals surface area (Å²) in [7, 11) is 0. The number of aromatic hydroxyl groups is 1. The van der Waals surface area contributed by atoms with Crippen molar-refractivity contribution in [3.63, 3.8) is 0 Å². The van der Waals surface area contributed by atoms with Crippen molar-refractivity contribution in [1.82, 2.24) is 4.57 Å². The maximum Gasteiger partial charge on any atom is 0.165 e. The lowest BCUT2D eigenvalue weighted by Gasteiger charge is -2.24. The number of phenols is 1. The van der Waals surface area contributed by atoms with Crippen LogP contribution in [0.1, 0.15) is 62.7 Å². The van der Waals surface area contributed by atoms with Gasteiger partial charge in [-0.1, -0.05) is 58.4 Å². The molecule has 2 N–H and O–H groups in total. The molecule has 0 aliphatic rings. The van der Waals surface area contributed by atoms with Gasteiger partial charge in [-0.05, 0) is 53.1 Å². The van der Waals surface area contributed by atoms with Gasteiger partial charge in [0.1, 0.15) is 5.75 Å². The number of benzene rings is 2. The number of nitrogens with zero attached hydrogens (tertiary/aromatic N) is 1. The Morgan fingerprint density at radius 2 is 1.68 bits per heavy atom. The van der Waals surface area contributed by atoms with Gasteiger partial charge < -0.3 is 14.8 Å². The van der Waals surface area contributed by atoms with E-state index in [1.807, 2.05) is 65.0 Å². The standard InChI is InChI=1S/C26H32ClNO3/c1-25(2,3)14-23(31)24-20-12-19(30)10-11-21(20)28(22(24)13-26(4,5)16-29)15-17-6-8-18(27)9-7-17/h6-12,29-30H,13-16H2,1-5H3. The number of carbonyl (C=O) groups is 1. The van der Waals surface area contributed by atoms with Crippen LogP contribution in [0.4, 0.5) is 0 Å². The van der Waals surface area contributed by atoms with Gasteiger partial charge in [0, 0.05) is 46.8 Å². The number of carbonyl (C=O) groups excluding carboxylic acids is 1. The summed E-state index contributed by atoms with van der Waals surface area (Å²) >= 11 is 6.06. The molecule has 166 valence electrons. The van der Waals surface area contributed by atoms with Gasteiger partial charge >= 0.3 is 0 Å². The number of aliphatic hydroxyl groups is 1. The molecule has 2 aromatic carbocycles. The molecular formula is C26H32ClNO3. The van der Waals surface area contributed by atoms with Crippen LogP contribution in [0.15, 0.2) is 42.5 Å². The molecule has 0 unspecified atom stereocenters. The van der Waals surface area contributed by atoms with E-state index in [0.29, 0.717) is 30.0 Å². The molecule has 0 radical (unpaired) electrons. The zero-order valence-electron chi connectivity index (χ0n) is 19.0. The Kier molecular flexibility index (Phi) is 6.54. The Morgan fingerprint density at radius 1 is 1.03 bits per heavy atom. The molecule has 4 nitrogen and oxygen atoms in total. The molecule has 0 saturated heterocycles. The third-order valence-electron chi connectivity index (χ3n) is 5.45. The van der Waals surface area contributed by atoms with Gasteiger partial charge in [-0.3, -0.25) is 4.79 Å². The fourth-order valence-corrected chi connectivity index (χ4v) is 4.05.